The van der Waals surface area contributed by atoms with E-state index in [4.69, 9.17) is 10.5 Å². The number of rotatable bonds is 6. The Morgan fingerprint density at radius 2 is 1.93 bits per heavy atom. The van der Waals surface area contributed by atoms with Gasteiger partial charge in [-0.1, -0.05) is 6.92 Å². The summed E-state index contributed by atoms with van der Waals surface area (Å²) in [6, 6.07) is 2.44. The van der Waals surface area contributed by atoms with Crippen molar-refractivity contribution in [2.24, 2.45) is 0 Å². The van der Waals surface area contributed by atoms with Gasteiger partial charge in [0.15, 0.2) is 5.82 Å². The van der Waals surface area contributed by atoms with Crippen molar-refractivity contribution >= 4 is 17.6 Å². The third-order valence-corrected chi connectivity index (χ3v) is 3.71. The quantitative estimate of drug-likeness (QED) is 0.606. The maximum Gasteiger partial charge on any atom is 0.221 e. The fourth-order valence-electron chi connectivity index (χ4n) is 2.52. The van der Waals surface area contributed by atoms with E-state index in [1.165, 1.54) is 6.20 Å². The molecule has 0 spiro atoms. The molecule has 3 aromatic heterocycles. The SMILES string of the molecule is CC(C)Oc1cc(Nc2nc(N)ncc2C(C)c2ncc(F)cc2F)n[nH]1. The molecule has 0 amide bonds. The number of aromatic amines is 1. The van der Waals surface area contributed by atoms with Gasteiger partial charge in [-0.15, -0.1) is 0 Å². The summed E-state index contributed by atoms with van der Waals surface area (Å²) in [6.07, 6.45) is 2.41. The van der Waals surface area contributed by atoms with Crippen LogP contribution in [-0.4, -0.2) is 31.3 Å². The molecule has 142 valence electrons. The second-order valence-electron chi connectivity index (χ2n) is 6.18. The second kappa shape index (κ2) is 7.52. The average molecular weight is 375 g/mol. The summed E-state index contributed by atoms with van der Waals surface area (Å²) in [7, 11) is 0. The highest BCUT2D eigenvalue weighted by atomic mass is 19.1. The molecule has 0 bridgehead atoms. The second-order valence-corrected chi connectivity index (χ2v) is 6.18. The van der Waals surface area contributed by atoms with E-state index in [-0.39, 0.29) is 17.7 Å². The first-order valence-electron chi connectivity index (χ1n) is 8.26. The van der Waals surface area contributed by atoms with Gasteiger partial charge in [-0.3, -0.25) is 4.98 Å². The predicted molar refractivity (Wildman–Crippen MR) is 95.7 cm³/mol. The Hall–Kier alpha value is -3.30. The Bertz CT molecular complexity index is 945. The molecule has 0 aliphatic rings. The van der Waals surface area contributed by atoms with Gasteiger partial charge in [-0.25, -0.2) is 18.9 Å². The monoisotopic (exact) mass is 375 g/mol. The van der Waals surface area contributed by atoms with Crippen LogP contribution in [0.15, 0.2) is 24.5 Å². The van der Waals surface area contributed by atoms with Gasteiger partial charge in [0.25, 0.3) is 0 Å². The molecule has 8 nitrogen and oxygen atoms in total. The maximum atomic E-state index is 14.1. The number of pyridine rings is 1. The fourth-order valence-corrected chi connectivity index (χ4v) is 2.52. The van der Waals surface area contributed by atoms with E-state index in [0.717, 1.165) is 12.3 Å². The van der Waals surface area contributed by atoms with Crippen LogP contribution in [0.4, 0.5) is 26.4 Å². The van der Waals surface area contributed by atoms with Gasteiger partial charge in [-0.2, -0.15) is 10.1 Å². The molecule has 0 fully saturated rings. The number of hydrogen-bond donors (Lipinski definition) is 3. The van der Waals surface area contributed by atoms with E-state index in [1.807, 2.05) is 13.8 Å². The number of nitrogens with zero attached hydrogens (tertiary/aromatic N) is 4. The highest BCUT2D eigenvalue weighted by molar-refractivity contribution is 5.59. The first-order valence-corrected chi connectivity index (χ1v) is 8.26. The van der Waals surface area contributed by atoms with Crippen molar-refractivity contribution in [3.05, 3.63) is 47.4 Å². The Morgan fingerprint density at radius 3 is 2.63 bits per heavy atom. The Kier molecular flexibility index (Phi) is 5.15. The van der Waals surface area contributed by atoms with Crippen LogP contribution in [-0.2, 0) is 0 Å². The molecule has 0 aromatic carbocycles. The van der Waals surface area contributed by atoms with Crippen molar-refractivity contribution in [1.82, 2.24) is 25.1 Å². The Morgan fingerprint density at radius 1 is 1.15 bits per heavy atom. The van der Waals surface area contributed by atoms with Crippen LogP contribution in [0.1, 0.15) is 37.9 Å². The number of nitrogens with one attached hydrogen (secondary N) is 2. The molecule has 0 radical (unpaired) electrons. The van der Waals surface area contributed by atoms with Crippen LogP contribution in [0.5, 0.6) is 5.88 Å². The third-order valence-electron chi connectivity index (χ3n) is 3.71. The zero-order valence-electron chi connectivity index (χ0n) is 15.0. The van der Waals surface area contributed by atoms with Gasteiger partial charge in [0, 0.05) is 29.8 Å². The van der Waals surface area contributed by atoms with Gasteiger partial charge in [0.05, 0.1) is 18.0 Å². The van der Waals surface area contributed by atoms with Gasteiger partial charge in [-0.05, 0) is 13.8 Å². The van der Waals surface area contributed by atoms with Crippen molar-refractivity contribution in [2.75, 3.05) is 11.1 Å². The van der Waals surface area contributed by atoms with E-state index in [9.17, 15) is 8.78 Å². The highest BCUT2D eigenvalue weighted by Crippen LogP contribution is 2.31. The maximum absolute atomic E-state index is 14.1. The predicted octanol–water partition coefficient (Wildman–Crippen LogP) is 3.14. The summed E-state index contributed by atoms with van der Waals surface area (Å²) < 4.78 is 32.8. The molecule has 3 rings (SSSR count). The van der Waals surface area contributed by atoms with Gasteiger partial charge in [0.1, 0.15) is 17.5 Å². The summed E-state index contributed by atoms with van der Waals surface area (Å²) in [4.78, 5) is 12.0. The van der Waals surface area contributed by atoms with Gasteiger partial charge < -0.3 is 15.8 Å². The van der Waals surface area contributed by atoms with Gasteiger partial charge in [0.2, 0.25) is 11.8 Å². The molecular weight excluding hydrogens is 356 g/mol. The Balaban J connectivity index is 1.92. The summed E-state index contributed by atoms with van der Waals surface area (Å²) in [5, 5.41) is 9.85. The van der Waals surface area contributed by atoms with Crippen LogP contribution in [0, 0.1) is 11.6 Å². The van der Waals surface area contributed by atoms with E-state index in [1.54, 1.807) is 13.0 Å². The van der Waals surface area contributed by atoms with Crippen molar-refractivity contribution in [3.63, 3.8) is 0 Å². The number of nitrogen functional groups attached to an aromatic ring is 1. The third kappa shape index (κ3) is 4.27. The molecule has 3 heterocycles. The molecular formula is C17H19F2N7O. The average Bonchev–Trinajstić information content (AvgIpc) is 3.00. The minimum atomic E-state index is -0.752. The van der Waals surface area contributed by atoms with Crippen LogP contribution in [0.3, 0.4) is 0 Å². The lowest BCUT2D eigenvalue weighted by Crippen LogP contribution is -2.10. The molecule has 3 aromatic rings. The van der Waals surface area contributed by atoms with E-state index >= 15 is 0 Å². The molecule has 1 atom stereocenters. The topological polar surface area (TPSA) is 115 Å². The van der Waals surface area contributed by atoms with Gasteiger partial charge >= 0.3 is 0 Å². The summed E-state index contributed by atoms with van der Waals surface area (Å²) >= 11 is 0. The number of H-pyrrole nitrogens is 1. The Labute approximate surface area is 154 Å². The molecule has 0 aliphatic carbocycles. The molecule has 0 saturated heterocycles. The highest BCUT2D eigenvalue weighted by Gasteiger charge is 2.21. The minimum Gasteiger partial charge on any atom is -0.475 e. The molecule has 0 saturated carbocycles. The number of anilines is 3. The summed E-state index contributed by atoms with van der Waals surface area (Å²) in [5.41, 5.74) is 6.28. The van der Waals surface area contributed by atoms with E-state index in [0.29, 0.717) is 23.1 Å². The zero-order chi connectivity index (χ0) is 19.6. The number of hydrogen-bond acceptors (Lipinski definition) is 7. The van der Waals surface area contributed by atoms with E-state index in [2.05, 4.69) is 30.5 Å². The number of halogens is 2. The fraction of sp³-hybridized carbons (Fsp3) is 0.294. The van der Waals surface area contributed by atoms with Crippen LogP contribution < -0.4 is 15.8 Å². The smallest absolute Gasteiger partial charge is 0.221 e. The first-order chi connectivity index (χ1) is 12.8. The normalized spacial score (nSPS) is 12.2. The summed E-state index contributed by atoms with van der Waals surface area (Å²) in [5.74, 6) is -0.764. The lowest BCUT2D eigenvalue weighted by molar-refractivity contribution is 0.232. The van der Waals surface area contributed by atoms with Crippen LogP contribution in [0.2, 0.25) is 0 Å². The van der Waals surface area contributed by atoms with Crippen molar-refractivity contribution in [2.45, 2.75) is 32.8 Å². The molecule has 0 aliphatic heterocycles. The molecule has 4 N–H and O–H groups in total. The number of nitrogens with two attached hydrogens (primary N) is 1. The van der Waals surface area contributed by atoms with Crippen LogP contribution in [0.25, 0.3) is 0 Å². The molecule has 27 heavy (non-hydrogen) atoms. The summed E-state index contributed by atoms with van der Waals surface area (Å²) in [6.45, 7) is 5.49. The lowest BCUT2D eigenvalue weighted by Gasteiger charge is -2.16. The van der Waals surface area contributed by atoms with Crippen molar-refractivity contribution < 1.29 is 13.5 Å². The lowest BCUT2D eigenvalue weighted by atomic mass is 9.98. The minimum absolute atomic E-state index is 0.0175. The first kappa shape index (κ1) is 18.5. The standard InChI is InChI=1S/C17H19F2N7O/c1-8(2)27-14-5-13(25-26-14)23-16-11(7-22-17(20)24-16)9(3)15-12(19)4-10(18)6-21-15/h4-9H,1-3H3,(H4,20,22,23,24,25,26). The van der Waals surface area contributed by atoms with E-state index < -0.39 is 17.6 Å². The molecule has 10 heteroatoms. The largest absolute Gasteiger partial charge is 0.475 e. The molecule has 1 unspecified atom stereocenters. The van der Waals surface area contributed by atoms with Crippen molar-refractivity contribution in [1.29, 1.82) is 0 Å². The number of aromatic nitrogens is 5. The zero-order valence-corrected chi connectivity index (χ0v) is 15.0. The van der Waals surface area contributed by atoms with Crippen molar-refractivity contribution in [3.8, 4) is 5.88 Å². The van der Waals surface area contributed by atoms with Crippen LogP contribution >= 0.6 is 0 Å². The number of ether oxygens (including phenoxy) is 1.